The van der Waals surface area contributed by atoms with Gasteiger partial charge in [0.05, 0.1) is 6.26 Å². The van der Waals surface area contributed by atoms with Crippen LogP contribution in [0.1, 0.15) is 12.5 Å². The summed E-state index contributed by atoms with van der Waals surface area (Å²) in [6, 6.07) is 10.1. The van der Waals surface area contributed by atoms with E-state index in [-0.39, 0.29) is 0 Å². The van der Waals surface area contributed by atoms with Gasteiger partial charge in [-0.05, 0) is 12.6 Å². The third-order valence-electron chi connectivity index (χ3n) is 3.18. The number of halogens is 1. The molecule has 3 heteroatoms. The van der Waals surface area contributed by atoms with Crippen molar-refractivity contribution in [3.63, 3.8) is 0 Å². The first kappa shape index (κ1) is 11.6. The molecule has 18 heavy (non-hydrogen) atoms. The van der Waals surface area contributed by atoms with Crippen LogP contribution in [-0.4, -0.2) is 6.54 Å². The van der Waals surface area contributed by atoms with Crippen molar-refractivity contribution in [3.05, 3.63) is 47.2 Å². The molecule has 0 atom stereocenters. The van der Waals surface area contributed by atoms with E-state index in [1.54, 1.807) is 0 Å². The van der Waals surface area contributed by atoms with Crippen LogP contribution in [0, 0.1) is 0 Å². The number of benzene rings is 2. The summed E-state index contributed by atoms with van der Waals surface area (Å²) in [5.74, 6) is 0. The Morgan fingerprint density at radius 2 is 1.94 bits per heavy atom. The average molecular weight is 260 g/mol. The van der Waals surface area contributed by atoms with Gasteiger partial charge in [-0.2, -0.15) is 0 Å². The normalized spacial score (nSPS) is 11.4. The van der Waals surface area contributed by atoms with Gasteiger partial charge in [0.1, 0.15) is 5.58 Å². The molecular formula is C15H14ClNO. The molecule has 0 aliphatic rings. The molecule has 3 aromatic rings. The van der Waals surface area contributed by atoms with Gasteiger partial charge in [0.25, 0.3) is 0 Å². The molecule has 1 aromatic heterocycles. The number of hydrogen-bond acceptors (Lipinski definition) is 2. The van der Waals surface area contributed by atoms with Crippen LogP contribution < -0.4 is 5.32 Å². The lowest BCUT2D eigenvalue weighted by atomic mass is 10.1. The Morgan fingerprint density at radius 1 is 1.17 bits per heavy atom. The van der Waals surface area contributed by atoms with Gasteiger partial charge >= 0.3 is 0 Å². The van der Waals surface area contributed by atoms with Crippen LogP contribution in [0.4, 0.5) is 0 Å². The molecule has 0 saturated carbocycles. The minimum absolute atomic E-state index is 0.775. The van der Waals surface area contributed by atoms with Crippen LogP contribution in [-0.2, 0) is 6.54 Å². The number of fused-ring (bicyclic) bond motifs is 3. The Morgan fingerprint density at radius 3 is 2.72 bits per heavy atom. The maximum Gasteiger partial charge on any atom is 0.142 e. The number of rotatable bonds is 3. The van der Waals surface area contributed by atoms with Crippen LogP contribution in [0.2, 0.25) is 5.02 Å². The standard InChI is InChI=1S/C15H14ClNO/c1-2-17-8-10-9-18-15-12-6-4-3-5-11(12)14(16)7-13(10)15/h3-7,9,17H,2,8H2,1H3. The molecule has 92 valence electrons. The quantitative estimate of drug-likeness (QED) is 0.757. The van der Waals surface area contributed by atoms with E-state index < -0.39 is 0 Å². The van der Waals surface area contributed by atoms with Crippen molar-refractivity contribution in [3.8, 4) is 0 Å². The zero-order valence-corrected chi connectivity index (χ0v) is 10.9. The van der Waals surface area contributed by atoms with Crippen LogP contribution >= 0.6 is 11.6 Å². The molecule has 2 aromatic carbocycles. The maximum absolute atomic E-state index is 6.34. The fraction of sp³-hybridized carbons (Fsp3) is 0.200. The molecule has 3 rings (SSSR count). The summed E-state index contributed by atoms with van der Waals surface area (Å²) < 4.78 is 5.72. The van der Waals surface area contributed by atoms with Gasteiger partial charge in [-0.25, -0.2) is 0 Å². The van der Waals surface area contributed by atoms with Gasteiger partial charge in [-0.1, -0.05) is 42.8 Å². The lowest BCUT2D eigenvalue weighted by Crippen LogP contribution is -2.11. The monoisotopic (exact) mass is 259 g/mol. The van der Waals surface area contributed by atoms with Gasteiger partial charge in [0, 0.05) is 33.3 Å². The first-order valence-corrected chi connectivity index (χ1v) is 6.47. The second-order valence-corrected chi connectivity index (χ2v) is 4.73. The first-order chi connectivity index (χ1) is 8.81. The lowest BCUT2D eigenvalue weighted by molar-refractivity contribution is 0.607. The van der Waals surface area contributed by atoms with E-state index in [2.05, 4.69) is 12.2 Å². The van der Waals surface area contributed by atoms with E-state index >= 15 is 0 Å². The molecule has 1 N–H and O–H groups in total. The molecule has 0 bridgehead atoms. The molecule has 0 fully saturated rings. The van der Waals surface area contributed by atoms with Gasteiger partial charge in [-0.3, -0.25) is 0 Å². The van der Waals surface area contributed by atoms with Crippen molar-refractivity contribution in [2.24, 2.45) is 0 Å². The van der Waals surface area contributed by atoms with Crippen LogP contribution in [0.5, 0.6) is 0 Å². The largest absolute Gasteiger partial charge is 0.463 e. The van der Waals surface area contributed by atoms with E-state index in [9.17, 15) is 0 Å². The zero-order valence-electron chi connectivity index (χ0n) is 10.2. The molecule has 2 nitrogen and oxygen atoms in total. The van der Waals surface area contributed by atoms with E-state index in [0.717, 1.165) is 45.4 Å². The number of furan rings is 1. The van der Waals surface area contributed by atoms with Crippen LogP contribution in [0.25, 0.3) is 21.7 Å². The molecule has 0 unspecified atom stereocenters. The maximum atomic E-state index is 6.34. The Balaban J connectivity index is 2.27. The topological polar surface area (TPSA) is 25.2 Å². The van der Waals surface area contributed by atoms with Gasteiger partial charge in [0.2, 0.25) is 0 Å². The third-order valence-corrected chi connectivity index (χ3v) is 3.49. The predicted molar refractivity (Wildman–Crippen MR) is 76.1 cm³/mol. The minimum atomic E-state index is 0.775. The summed E-state index contributed by atoms with van der Waals surface area (Å²) in [4.78, 5) is 0. The molecule has 0 radical (unpaired) electrons. The molecule has 0 aliphatic carbocycles. The summed E-state index contributed by atoms with van der Waals surface area (Å²) >= 11 is 6.34. The smallest absolute Gasteiger partial charge is 0.142 e. The minimum Gasteiger partial charge on any atom is -0.463 e. The highest BCUT2D eigenvalue weighted by atomic mass is 35.5. The second-order valence-electron chi connectivity index (χ2n) is 4.32. The summed E-state index contributed by atoms with van der Waals surface area (Å²) in [5.41, 5.74) is 2.07. The fourth-order valence-electron chi connectivity index (χ4n) is 2.26. The summed E-state index contributed by atoms with van der Waals surface area (Å²) in [5, 5.41) is 7.29. The Bertz CT molecular complexity index is 702. The van der Waals surface area contributed by atoms with Crippen LogP contribution in [0.15, 0.2) is 41.0 Å². The van der Waals surface area contributed by atoms with Crippen molar-refractivity contribution in [1.82, 2.24) is 5.32 Å². The lowest BCUT2D eigenvalue weighted by Gasteiger charge is -2.03. The summed E-state index contributed by atoms with van der Waals surface area (Å²) in [7, 11) is 0. The van der Waals surface area contributed by atoms with Gasteiger partial charge in [-0.15, -0.1) is 0 Å². The third kappa shape index (κ3) is 1.78. The molecule has 1 heterocycles. The van der Waals surface area contributed by atoms with Crippen molar-refractivity contribution in [2.45, 2.75) is 13.5 Å². The first-order valence-electron chi connectivity index (χ1n) is 6.09. The number of hydrogen-bond donors (Lipinski definition) is 1. The van der Waals surface area contributed by atoms with Crippen molar-refractivity contribution in [2.75, 3.05) is 6.54 Å². The Labute approximate surface area is 111 Å². The zero-order chi connectivity index (χ0) is 12.5. The highest BCUT2D eigenvalue weighted by Crippen LogP contribution is 2.34. The van der Waals surface area contributed by atoms with E-state index in [4.69, 9.17) is 16.0 Å². The van der Waals surface area contributed by atoms with E-state index in [0.29, 0.717) is 0 Å². The Kier molecular flexibility index (Phi) is 2.98. The van der Waals surface area contributed by atoms with Crippen molar-refractivity contribution >= 4 is 33.3 Å². The van der Waals surface area contributed by atoms with Crippen LogP contribution in [0.3, 0.4) is 0 Å². The number of nitrogens with one attached hydrogen (secondary N) is 1. The molecule has 0 amide bonds. The summed E-state index contributed by atoms with van der Waals surface area (Å²) in [6.45, 7) is 3.83. The van der Waals surface area contributed by atoms with Crippen molar-refractivity contribution < 1.29 is 4.42 Å². The predicted octanol–water partition coefficient (Wildman–Crippen LogP) is 4.35. The van der Waals surface area contributed by atoms with Gasteiger partial charge in [0.15, 0.2) is 0 Å². The van der Waals surface area contributed by atoms with E-state index in [1.165, 1.54) is 0 Å². The molecule has 0 saturated heterocycles. The van der Waals surface area contributed by atoms with Gasteiger partial charge < -0.3 is 9.73 Å². The molecule has 0 aliphatic heterocycles. The SMILES string of the molecule is CCNCc1coc2c1cc(Cl)c1ccccc12. The fourth-order valence-corrected chi connectivity index (χ4v) is 2.53. The van der Waals surface area contributed by atoms with Crippen molar-refractivity contribution in [1.29, 1.82) is 0 Å². The molecule has 0 spiro atoms. The summed E-state index contributed by atoms with van der Waals surface area (Å²) in [6.07, 6.45) is 1.82. The average Bonchev–Trinajstić information content (AvgIpc) is 2.80. The molecular weight excluding hydrogens is 246 g/mol. The second kappa shape index (κ2) is 4.63. The highest BCUT2D eigenvalue weighted by molar-refractivity contribution is 6.37. The van der Waals surface area contributed by atoms with E-state index in [1.807, 2.05) is 36.6 Å². The highest BCUT2D eigenvalue weighted by Gasteiger charge is 2.11. The Hall–Kier alpha value is -1.51.